The van der Waals surface area contributed by atoms with Gasteiger partial charge in [-0.1, -0.05) is 38.5 Å². The van der Waals surface area contributed by atoms with E-state index >= 15 is 0 Å². The molecule has 0 bridgehead atoms. The van der Waals surface area contributed by atoms with Gasteiger partial charge >= 0.3 is 5.97 Å². The van der Waals surface area contributed by atoms with Crippen molar-refractivity contribution in [3.63, 3.8) is 0 Å². The summed E-state index contributed by atoms with van der Waals surface area (Å²) in [5, 5.41) is 11.4. The van der Waals surface area contributed by atoms with Crippen LogP contribution in [0.5, 0.6) is 5.75 Å². The first-order valence-electron chi connectivity index (χ1n) is 7.30. The van der Waals surface area contributed by atoms with Gasteiger partial charge in [-0.15, -0.1) is 0 Å². The lowest BCUT2D eigenvalue weighted by atomic mass is 9.85. The van der Waals surface area contributed by atoms with Crippen molar-refractivity contribution in [3.8, 4) is 5.75 Å². The molecule has 2 atom stereocenters. The number of carbonyl (C=O) groups excluding carboxylic acids is 1. The van der Waals surface area contributed by atoms with E-state index in [1.54, 1.807) is 7.11 Å². The van der Waals surface area contributed by atoms with E-state index in [1.165, 1.54) is 19.4 Å². The molecule has 22 heavy (non-hydrogen) atoms. The Hall–Kier alpha value is -2.04. The molecule has 0 aliphatic carbocycles. The van der Waals surface area contributed by atoms with E-state index in [2.05, 4.69) is 5.32 Å². The second kappa shape index (κ2) is 9.07. The fraction of sp³-hybridized carbons (Fsp3) is 0.529. The van der Waals surface area contributed by atoms with Crippen LogP contribution in [0.3, 0.4) is 0 Å². The number of para-hydroxylation sites is 1. The van der Waals surface area contributed by atoms with Crippen LogP contribution in [0.2, 0.25) is 0 Å². The van der Waals surface area contributed by atoms with E-state index in [-0.39, 0.29) is 11.8 Å². The number of hydrogen-bond acceptors (Lipinski definition) is 3. The number of benzene rings is 1. The van der Waals surface area contributed by atoms with Crippen molar-refractivity contribution in [2.75, 3.05) is 7.11 Å². The second-order valence-corrected chi connectivity index (χ2v) is 5.47. The summed E-state index contributed by atoms with van der Waals surface area (Å²) in [6.07, 6.45) is 0.711. The van der Waals surface area contributed by atoms with Gasteiger partial charge in [0.15, 0.2) is 0 Å². The van der Waals surface area contributed by atoms with Crippen molar-refractivity contribution < 1.29 is 19.4 Å². The number of rotatable bonds is 5. The molecular weight excluding hydrogens is 282 g/mol. The van der Waals surface area contributed by atoms with E-state index < -0.39 is 11.5 Å². The lowest BCUT2D eigenvalue weighted by Gasteiger charge is -2.31. The number of nitrogens with one attached hydrogen (secondary N) is 1. The van der Waals surface area contributed by atoms with Crippen molar-refractivity contribution in [2.45, 2.75) is 46.6 Å². The molecule has 124 valence electrons. The number of carboxylic acid groups (broad SMARTS) is 1. The van der Waals surface area contributed by atoms with Crippen LogP contribution in [-0.4, -0.2) is 29.6 Å². The molecule has 0 aliphatic heterocycles. The molecule has 0 aromatic heterocycles. The van der Waals surface area contributed by atoms with Crippen LogP contribution in [0.1, 0.15) is 39.7 Å². The van der Waals surface area contributed by atoms with Gasteiger partial charge in [-0.25, -0.2) is 4.79 Å². The predicted molar refractivity (Wildman–Crippen MR) is 87.0 cm³/mol. The first kappa shape index (κ1) is 20.0. The number of carboxylic acids is 1. The van der Waals surface area contributed by atoms with Gasteiger partial charge in [0.25, 0.3) is 0 Å². The Kier molecular flexibility index (Phi) is 8.23. The Morgan fingerprint density at radius 2 is 1.91 bits per heavy atom. The standard InChI is InChI=1S/C9H17NO3.C8H10O/c1-5-6(2)9(4,8(12)13)10-7(3)11;1-7-5-3-4-6-8(7)9-2/h6H,5H2,1-4H3,(H,10,11)(H,12,13);3-6H,1-2H3. The molecule has 0 spiro atoms. The third-order valence-corrected chi connectivity index (χ3v) is 3.79. The summed E-state index contributed by atoms with van der Waals surface area (Å²) >= 11 is 0. The third kappa shape index (κ3) is 5.76. The van der Waals surface area contributed by atoms with Crippen LogP contribution < -0.4 is 10.1 Å². The summed E-state index contributed by atoms with van der Waals surface area (Å²) in [4.78, 5) is 21.8. The van der Waals surface area contributed by atoms with Crippen LogP contribution in [-0.2, 0) is 9.59 Å². The minimum atomic E-state index is -1.15. The highest BCUT2D eigenvalue weighted by Gasteiger charge is 2.38. The van der Waals surface area contributed by atoms with Crippen LogP contribution in [0.15, 0.2) is 24.3 Å². The molecule has 0 fully saturated rings. The highest BCUT2D eigenvalue weighted by molar-refractivity contribution is 5.85. The highest BCUT2D eigenvalue weighted by Crippen LogP contribution is 2.20. The van der Waals surface area contributed by atoms with Crippen LogP contribution in [0, 0.1) is 12.8 Å². The summed E-state index contributed by atoms with van der Waals surface area (Å²) < 4.78 is 5.04. The van der Waals surface area contributed by atoms with Crippen molar-refractivity contribution in [3.05, 3.63) is 29.8 Å². The van der Waals surface area contributed by atoms with Crippen molar-refractivity contribution >= 4 is 11.9 Å². The minimum absolute atomic E-state index is 0.0890. The second-order valence-electron chi connectivity index (χ2n) is 5.47. The maximum Gasteiger partial charge on any atom is 0.329 e. The van der Waals surface area contributed by atoms with Gasteiger partial charge in [0.1, 0.15) is 11.3 Å². The monoisotopic (exact) mass is 309 g/mol. The molecular formula is C17H27NO4. The number of ether oxygens (including phenoxy) is 1. The summed E-state index contributed by atoms with van der Waals surface area (Å²) in [7, 11) is 1.68. The molecule has 0 saturated heterocycles. The van der Waals surface area contributed by atoms with Crippen LogP contribution in [0.4, 0.5) is 0 Å². The summed E-state index contributed by atoms with van der Waals surface area (Å²) in [5.41, 5.74) is 0.0284. The number of aryl methyl sites for hydroxylation is 1. The summed E-state index contributed by atoms with van der Waals surface area (Å²) in [6.45, 7) is 8.59. The average molecular weight is 309 g/mol. The quantitative estimate of drug-likeness (QED) is 0.876. The fourth-order valence-corrected chi connectivity index (χ4v) is 1.95. The van der Waals surface area contributed by atoms with Crippen molar-refractivity contribution in [1.29, 1.82) is 0 Å². The topological polar surface area (TPSA) is 75.6 Å². The first-order chi connectivity index (χ1) is 10.2. The molecule has 2 N–H and O–H groups in total. The fourth-order valence-electron chi connectivity index (χ4n) is 1.95. The van der Waals surface area contributed by atoms with Gasteiger partial charge in [0.05, 0.1) is 7.11 Å². The molecule has 1 aromatic carbocycles. The van der Waals surface area contributed by atoms with Crippen molar-refractivity contribution in [2.24, 2.45) is 5.92 Å². The lowest BCUT2D eigenvalue weighted by molar-refractivity contribution is -0.149. The lowest BCUT2D eigenvalue weighted by Crippen LogP contribution is -2.55. The molecule has 0 heterocycles. The summed E-state index contributed by atoms with van der Waals surface area (Å²) in [6, 6.07) is 7.94. The Labute approximate surface area is 132 Å². The van der Waals surface area contributed by atoms with Crippen LogP contribution >= 0.6 is 0 Å². The van der Waals surface area contributed by atoms with E-state index in [1.807, 2.05) is 45.0 Å². The van der Waals surface area contributed by atoms with Gasteiger partial charge in [-0.3, -0.25) is 4.79 Å². The van der Waals surface area contributed by atoms with E-state index in [9.17, 15) is 9.59 Å². The highest BCUT2D eigenvalue weighted by atomic mass is 16.5. The van der Waals surface area contributed by atoms with Gasteiger partial charge in [-0.2, -0.15) is 0 Å². The molecule has 5 nitrogen and oxygen atoms in total. The normalized spacial score (nSPS) is 13.9. The number of methoxy groups -OCH3 is 1. The third-order valence-electron chi connectivity index (χ3n) is 3.79. The molecule has 5 heteroatoms. The molecule has 1 aromatic rings. The van der Waals surface area contributed by atoms with E-state index in [4.69, 9.17) is 9.84 Å². The van der Waals surface area contributed by atoms with Crippen molar-refractivity contribution in [1.82, 2.24) is 5.32 Å². The maximum absolute atomic E-state index is 10.9. The average Bonchev–Trinajstić information content (AvgIpc) is 2.46. The number of hydrogen-bond donors (Lipinski definition) is 2. The van der Waals surface area contributed by atoms with Gasteiger partial charge < -0.3 is 15.2 Å². The number of carbonyl (C=O) groups is 2. The SMILES string of the molecule is CCC(C)C(C)(NC(C)=O)C(=O)O.COc1ccccc1C. The smallest absolute Gasteiger partial charge is 0.329 e. The summed E-state index contributed by atoms with van der Waals surface area (Å²) in [5.74, 6) is -0.436. The molecule has 1 amide bonds. The van der Waals surface area contributed by atoms with Gasteiger partial charge in [-0.05, 0) is 31.4 Å². The van der Waals surface area contributed by atoms with Crippen LogP contribution in [0.25, 0.3) is 0 Å². The molecule has 0 radical (unpaired) electrons. The molecule has 0 aliphatic rings. The Balaban J connectivity index is 0.000000425. The minimum Gasteiger partial charge on any atom is -0.496 e. The predicted octanol–water partition coefficient (Wildman–Crippen LogP) is 3.02. The van der Waals surface area contributed by atoms with Gasteiger partial charge in [0, 0.05) is 6.92 Å². The Bertz CT molecular complexity index is 501. The maximum atomic E-state index is 10.9. The Morgan fingerprint density at radius 1 is 1.36 bits per heavy atom. The van der Waals surface area contributed by atoms with Gasteiger partial charge in [0.2, 0.25) is 5.91 Å². The van der Waals surface area contributed by atoms with E-state index in [0.717, 1.165) is 5.75 Å². The molecule has 0 saturated carbocycles. The number of amides is 1. The Morgan fingerprint density at radius 3 is 2.23 bits per heavy atom. The molecule has 1 rings (SSSR count). The van der Waals surface area contributed by atoms with E-state index in [0.29, 0.717) is 6.42 Å². The zero-order valence-corrected chi connectivity index (χ0v) is 14.3. The molecule has 2 unspecified atom stereocenters. The first-order valence-corrected chi connectivity index (χ1v) is 7.30. The zero-order chi connectivity index (χ0) is 17.3. The largest absolute Gasteiger partial charge is 0.496 e. The zero-order valence-electron chi connectivity index (χ0n) is 14.3. The number of aliphatic carboxylic acids is 1.